The van der Waals surface area contributed by atoms with Crippen LogP contribution in [0, 0.1) is 5.92 Å². The van der Waals surface area contributed by atoms with Gasteiger partial charge in [-0.25, -0.2) is 0 Å². The minimum absolute atomic E-state index is 0.173. The molecule has 2 aliphatic rings. The molecule has 1 atom stereocenters. The van der Waals surface area contributed by atoms with Gasteiger partial charge in [-0.2, -0.15) is 0 Å². The maximum atomic E-state index is 12.7. The number of ether oxygens (including phenoxy) is 1. The van der Waals surface area contributed by atoms with E-state index in [0.29, 0.717) is 23.7 Å². The van der Waals surface area contributed by atoms with E-state index >= 15 is 0 Å². The molecule has 4 heteroatoms. The highest BCUT2D eigenvalue weighted by molar-refractivity contribution is 6.21. The van der Waals surface area contributed by atoms with Gasteiger partial charge in [0.15, 0.2) is 0 Å². The van der Waals surface area contributed by atoms with Crippen LogP contribution in [0.5, 0.6) is 0 Å². The molecule has 1 aromatic carbocycles. The fourth-order valence-electron chi connectivity index (χ4n) is 3.81. The first kappa shape index (κ1) is 17.2. The molecule has 1 aliphatic heterocycles. The van der Waals surface area contributed by atoms with E-state index in [0.717, 1.165) is 19.3 Å². The topological polar surface area (TPSA) is 46.6 Å². The molecule has 1 aliphatic carbocycles. The fraction of sp³-hybridized carbons (Fsp3) is 0.600. The third-order valence-corrected chi connectivity index (χ3v) is 5.01. The van der Waals surface area contributed by atoms with Gasteiger partial charge in [-0.1, -0.05) is 45.2 Å². The van der Waals surface area contributed by atoms with Gasteiger partial charge < -0.3 is 4.74 Å². The van der Waals surface area contributed by atoms with E-state index < -0.39 is 0 Å². The number of amides is 2. The van der Waals surface area contributed by atoms with Gasteiger partial charge in [0.2, 0.25) is 0 Å². The zero-order valence-corrected chi connectivity index (χ0v) is 14.7. The van der Waals surface area contributed by atoms with Gasteiger partial charge >= 0.3 is 0 Å². The molecule has 1 saturated carbocycles. The highest BCUT2D eigenvalue weighted by Gasteiger charge is 2.40. The number of carbonyl (C=O) groups is 2. The second kappa shape index (κ2) is 7.47. The zero-order chi connectivity index (χ0) is 17.1. The molecule has 1 aromatic rings. The molecule has 1 fully saturated rings. The van der Waals surface area contributed by atoms with E-state index in [2.05, 4.69) is 13.8 Å². The Morgan fingerprint density at radius 3 is 2.17 bits per heavy atom. The van der Waals surface area contributed by atoms with Crippen molar-refractivity contribution in [1.82, 2.24) is 4.90 Å². The average Bonchev–Trinajstić information content (AvgIpc) is 2.84. The van der Waals surface area contributed by atoms with Gasteiger partial charge in [-0.3, -0.25) is 14.5 Å². The first-order valence-electron chi connectivity index (χ1n) is 9.16. The standard InChI is InChI=1S/C20H27NO3/c1-14(2)12-15(13-24-16-8-4-3-5-9-16)21-19(22)17-10-6-7-11-18(17)20(21)23/h6-7,10-11,14-16H,3-5,8-9,12-13H2,1-2H3/t15-/m0/s1. The van der Waals surface area contributed by atoms with Crippen molar-refractivity contribution in [2.24, 2.45) is 5.92 Å². The second-order valence-electron chi connectivity index (χ2n) is 7.40. The Morgan fingerprint density at radius 1 is 1.04 bits per heavy atom. The first-order chi connectivity index (χ1) is 11.6. The number of hydrogen-bond donors (Lipinski definition) is 0. The summed E-state index contributed by atoms with van der Waals surface area (Å²) in [7, 11) is 0. The third-order valence-electron chi connectivity index (χ3n) is 5.01. The van der Waals surface area contributed by atoms with E-state index in [1.165, 1.54) is 24.2 Å². The molecular weight excluding hydrogens is 302 g/mol. The normalized spacial score (nSPS) is 19.9. The maximum Gasteiger partial charge on any atom is 0.261 e. The molecule has 2 amide bonds. The van der Waals surface area contributed by atoms with Crippen LogP contribution in [0.3, 0.4) is 0 Å². The van der Waals surface area contributed by atoms with Crippen molar-refractivity contribution >= 4 is 11.8 Å². The number of hydrogen-bond acceptors (Lipinski definition) is 3. The fourth-order valence-corrected chi connectivity index (χ4v) is 3.81. The summed E-state index contributed by atoms with van der Waals surface area (Å²) in [6.45, 7) is 4.69. The quantitative estimate of drug-likeness (QED) is 0.740. The lowest BCUT2D eigenvalue weighted by Gasteiger charge is -2.30. The highest BCUT2D eigenvalue weighted by Crippen LogP contribution is 2.28. The van der Waals surface area contributed by atoms with Crippen molar-refractivity contribution in [1.29, 1.82) is 0 Å². The van der Waals surface area contributed by atoms with Crippen LogP contribution in [0.1, 0.15) is 73.1 Å². The molecule has 130 valence electrons. The smallest absolute Gasteiger partial charge is 0.261 e. The minimum Gasteiger partial charge on any atom is -0.376 e. The summed E-state index contributed by atoms with van der Waals surface area (Å²) >= 11 is 0. The Bertz CT molecular complexity index is 570. The molecule has 0 saturated heterocycles. The first-order valence-corrected chi connectivity index (χ1v) is 9.16. The summed E-state index contributed by atoms with van der Waals surface area (Å²) in [5.41, 5.74) is 1.04. The molecular formula is C20H27NO3. The van der Waals surface area contributed by atoms with Crippen LogP contribution in [0.2, 0.25) is 0 Å². The van der Waals surface area contributed by atoms with Gasteiger partial charge in [0.1, 0.15) is 0 Å². The lowest BCUT2D eigenvalue weighted by atomic mass is 9.97. The van der Waals surface area contributed by atoms with Gasteiger partial charge in [-0.15, -0.1) is 0 Å². The zero-order valence-electron chi connectivity index (χ0n) is 14.7. The molecule has 1 heterocycles. The molecule has 24 heavy (non-hydrogen) atoms. The Kier molecular flexibility index (Phi) is 5.34. The number of benzene rings is 1. The number of carbonyl (C=O) groups excluding carboxylic acids is 2. The molecule has 0 radical (unpaired) electrons. The molecule has 0 bridgehead atoms. The Hall–Kier alpha value is -1.68. The lowest BCUT2D eigenvalue weighted by Crippen LogP contribution is -2.44. The van der Waals surface area contributed by atoms with Crippen molar-refractivity contribution in [3.05, 3.63) is 35.4 Å². The van der Waals surface area contributed by atoms with E-state index in [1.54, 1.807) is 12.1 Å². The van der Waals surface area contributed by atoms with E-state index in [1.807, 2.05) is 12.1 Å². The summed E-state index contributed by atoms with van der Waals surface area (Å²) in [5.74, 6) is 0.0521. The molecule has 0 N–H and O–H groups in total. The number of fused-ring (bicyclic) bond motifs is 1. The van der Waals surface area contributed by atoms with Crippen molar-refractivity contribution in [2.75, 3.05) is 6.61 Å². The number of imide groups is 1. The van der Waals surface area contributed by atoms with Gasteiger partial charge in [0, 0.05) is 0 Å². The molecule has 0 aromatic heterocycles. The van der Waals surface area contributed by atoms with Gasteiger partial charge in [-0.05, 0) is 37.3 Å². The maximum absolute atomic E-state index is 12.7. The number of nitrogens with zero attached hydrogens (tertiary/aromatic N) is 1. The average molecular weight is 329 g/mol. The Labute approximate surface area is 144 Å². The SMILES string of the molecule is CC(C)C[C@@H](COC1CCCCC1)N1C(=O)c2ccccc2C1=O. The molecule has 0 unspecified atom stereocenters. The van der Waals surface area contributed by atoms with Crippen molar-refractivity contribution < 1.29 is 14.3 Å². The minimum atomic E-state index is -0.181. The predicted molar refractivity (Wildman–Crippen MR) is 93.0 cm³/mol. The molecule has 0 spiro atoms. The van der Waals surface area contributed by atoms with Gasteiger partial charge in [0.05, 0.1) is 29.9 Å². The van der Waals surface area contributed by atoms with Crippen molar-refractivity contribution in [3.8, 4) is 0 Å². The van der Waals surface area contributed by atoms with Crippen LogP contribution in [0.25, 0.3) is 0 Å². The van der Waals surface area contributed by atoms with Gasteiger partial charge in [0.25, 0.3) is 11.8 Å². The van der Waals surface area contributed by atoms with Crippen molar-refractivity contribution in [2.45, 2.75) is 64.5 Å². The van der Waals surface area contributed by atoms with E-state index in [4.69, 9.17) is 4.74 Å². The highest BCUT2D eigenvalue weighted by atomic mass is 16.5. The summed E-state index contributed by atoms with van der Waals surface area (Å²) in [4.78, 5) is 26.9. The van der Waals surface area contributed by atoms with E-state index in [9.17, 15) is 9.59 Å². The second-order valence-corrected chi connectivity index (χ2v) is 7.40. The van der Waals surface area contributed by atoms with Crippen LogP contribution < -0.4 is 0 Å². The monoisotopic (exact) mass is 329 g/mol. The third kappa shape index (κ3) is 3.54. The number of rotatable bonds is 6. The van der Waals surface area contributed by atoms with Crippen LogP contribution in [-0.2, 0) is 4.74 Å². The Morgan fingerprint density at radius 2 is 1.62 bits per heavy atom. The van der Waals surface area contributed by atoms with E-state index in [-0.39, 0.29) is 24.0 Å². The predicted octanol–water partition coefficient (Wildman–Crippen LogP) is 4.05. The van der Waals surface area contributed by atoms with Crippen LogP contribution in [0.15, 0.2) is 24.3 Å². The summed E-state index contributed by atoms with van der Waals surface area (Å²) < 4.78 is 6.11. The van der Waals surface area contributed by atoms with Crippen LogP contribution in [0.4, 0.5) is 0 Å². The summed E-state index contributed by atoms with van der Waals surface area (Å²) in [6, 6.07) is 6.92. The molecule has 3 rings (SSSR count). The van der Waals surface area contributed by atoms with Crippen LogP contribution >= 0.6 is 0 Å². The van der Waals surface area contributed by atoms with Crippen molar-refractivity contribution in [3.63, 3.8) is 0 Å². The largest absolute Gasteiger partial charge is 0.376 e. The van der Waals surface area contributed by atoms with Crippen LogP contribution in [-0.4, -0.2) is 35.5 Å². The lowest BCUT2D eigenvalue weighted by molar-refractivity contribution is -0.00686. The summed E-state index contributed by atoms with van der Waals surface area (Å²) in [6.07, 6.45) is 6.96. The summed E-state index contributed by atoms with van der Waals surface area (Å²) in [5, 5.41) is 0. The Balaban J connectivity index is 1.74. The molecule has 4 nitrogen and oxygen atoms in total.